The quantitative estimate of drug-likeness (QED) is 0.170. The molecule has 3 heteroatoms. The second kappa shape index (κ2) is 10.2. The Morgan fingerprint density at radius 3 is 1.86 bits per heavy atom. The van der Waals surface area contributed by atoms with Gasteiger partial charge in [-0.2, -0.15) is 0 Å². The third-order valence-corrected chi connectivity index (χ3v) is 15.4. The number of ether oxygens (including phenoxy) is 1. The van der Waals surface area contributed by atoms with Gasteiger partial charge in [-0.05, 0) is 29.5 Å². The van der Waals surface area contributed by atoms with Gasteiger partial charge in [-0.3, -0.25) is 4.79 Å². The van der Waals surface area contributed by atoms with E-state index in [1.807, 2.05) is 0 Å². The Hall–Kier alpha value is -0.573. The Morgan fingerprint density at radius 2 is 1.38 bits per heavy atom. The highest BCUT2D eigenvalue weighted by Crippen LogP contribution is 2.62. The van der Waals surface area contributed by atoms with Crippen LogP contribution >= 0.6 is 0 Å². The number of carbonyl (C=O) groups is 1. The van der Waals surface area contributed by atoms with Crippen LogP contribution in [0.25, 0.3) is 0 Å². The third-order valence-electron chi connectivity index (χ3n) is 8.27. The second-order valence-corrected chi connectivity index (χ2v) is 16.9. The average molecular weight is 421 g/mol. The number of cyclic esters (lactones) is 1. The third kappa shape index (κ3) is 4.55. The van der Waals surface area contributed by atoms with E-state index in [1.54, 1.807) is 0 Å². The molecule has 0 aromatic rings. The van der Waals surface area contributed by atoms with Crippen molar-refractivity contribution in [2.24, 2.45) is 11.3 Å². The Morgan fingerprint density at radius 1 is 0.897 bits per heavy atom. The van der Waals surface area contributed by atoms with Gasteiger partial charge in [-0.25, -0.2) is 0 Å². The lowest BCUT2D eigenvalue weighted by atomic mass is 9.65. The minimum atomic E-state index is -1.75. The summed E-state index contributed by atoms with van der Waals surface area (Å²) in [6, 6.07) is 0. The second-order valence-electron chi connectivity index (χ2n) is 11.0. The van der Waals surface area contributed by atoms with Crippen LogP contribution in [0.15, 0.2) is 11.3 Å². The Labute approximate surface area is 182 Å². The summed E-state index contributed by atoms with van der Waals surface area (Å²) in [5, 5.41) is 1.52. The monoisotopic (exact) mass is 420 g/mol. The lowest BCUT2D eigenvalue weighted by Gasteiger charge is -2.54. The number of fused-ring (bicyclic) bond motifs is 1. The van der Waals surface area contributed by atoms with E-state index in [2.05, 4.69) is 61.5 Å². The van der Waals surface area contributed by atoms with Gasteiger partial charge < -0.3 is 4.74 Å². The Balaban J connectivity index is 2.01. The molecule has 0 aromatic heterocycles. The number of hydrogen-bond donors (Lipinski definition) is 0. The van der Waals surface area contributed by atoms with Crippen molar-refractivity contribution in [2.75, 3.05) is 0 Å². The minimum Gasteiger partial charge on any atom is -0.461 e. The zero-order valence-corrected chi connectivity index (χ0v) is 21.6. The van der Waals surface area contributed by atoms with Gasteiger partial charge in [-0.1, -0.05) is 112 Å². The molecule has 0 bridgehead atoms. The molecule has 0 N–H and O–H groups in total. The summed E-state index contributed by atoms with van der Waals surface area (Å²) in [5.41, 5.74) is 1.90. The van der Waals surface area contributed by atoms with E-state index in [4.69, 9.17) is 4.74 Å². The number of unbranched alkanes of at least 4 members (excludes halogenated alkanes) is 7. The molecule has 3 atom stereocenters. The fourth-order valence-corrected chi connectivity index (χ4v) is 14.4. The molecule has 1 aliphatic heterocycles. The number of hydrogen-bond acceptors (Lipinski definition) is 2. The Kier molecular flexibility index (Phi) is 8.65. The highest BCUT2D eigenvalue weighted by atomic mass is 28.3. The molecule has 168 valence electrons. The van der Waals surface area contributed by atoms with Crippen molar-refractivity contribution in [1.29, 1.82) is 0 Å². The molecule has 2 aliphatic rings. The van der Waals surface area contributed by atoms with E-state index in [0.29, 0.717) is 16.6 Å². The molecule has 2 rings (SSSR count). The normalized spacial score (nSPS) is 26.7. The topological polar surface area (TPSA) is 26.3 Å². The molecule has 0 spiro atoms. The zero-order valence-electron chi connectivity index (χ0n) is 20.6. The van der Waals surface area contributed by atoms with Crippen molar-refractivity contribution >= 4 is 14.0 Å². The van der Waals surface area contributed by atoms with Gasteiger partial charge in [0.05, 0.1) is 14.0 Å². The van der Waals surface area contributed by atoms with Crippen LogP contribution in [0.2, 0.25) is 16.6 Å². The summed E-state index contributed by atoms with van der Waals surface area (Å²) < 4.78 is 6.01. The molecule has 1 aliphatic carbocycles. The van der Waals surface area contributed by atoms with E-state index < -0.39 is 8.07 Å². The molecule has 1 fully saturated rings. The zero-order chi connectivity index (χ0) is 21.8. The van der Waals surface area contributed by atoms with Crippen LogP contribution in [-0.2, 0) is 9.53 Å². The Bertz CT molecular complexity index is 555. The SMILES string of the molecule is CCCCCCCCCC[C@H]1OC(=O)[C@H]2C([Si](C(C)C)(C(C)C)C(C)C)=C[C@]21C. The van der Waals surface area contributed by atoms with Crippen LogP contribution in [0.5, 0.6) is 0 Å². The molecule has 0 aromatic carbocycles. The highest BCUT2D eigenvalue weighted by molar-refractivity contribution is 6.90. The van der Waals surface area contributed by atoms with Crippen LogP contribution in [0.3, 0.4) is 0 Å². The summed E-state index contributed by atoms with van der Waals surface area (Å²) >= 11 is 0. The minimum absolute atomic E-state index is 0.0420. The smallest absolute Gasteiger partial charge is 0.314 e. The highest BCUT2D eigenvalue weighted by Gasteiger charge is 2.65. The first kappa shape index (κ1) is 24.7. The van der Waals surface area contributed by atoms with Gasteiger partial charge in [0.15, 0.2) is 0 Å². The summed E-state index contributed by atoms with van der Waals surface area (Å²) in [4.78, 5) is 13.0. The number of rotatable bonds is 13. The average Bonchev–Trinajstić information content (AvgIpc) is 2.79. The summed E-state index contributed by atoms with van der Waals surface area (Å²) in [6.07, 6.45) is 14.3. The molecule has 0 saturated carbocycles. The van der Waals surface area contributed by atoms with Gasteiger partial charge in [0.1, 0.15) is 6.10 Å². The first-order chi connectivity index (χ1) is 13.6. The summed E-state index contributed by atoms with van der Waals surface area (Å²) in [5.74, 6) is 0.119. The predicted molar refractivity (Wildman–Crippen MR) is 128 cm³/mol. The molecule has 29 heavy (non-hydrogen) atoms. The first-order valence-corrected chi connectivity index (χ1v) is 14.8. The van der Waals surface area contributed by atoms with Gasteiger partial charge in [0.2, 0.25) is 0 Å². The molecule has 1 heterocycles. The van der Waals surface area contributed by atoms with Crippen LogP contribution < -0.4 is 0 Å². The van der Waals surface area contributed by atoms with E-state index in [1.165, 1.54) is 56.6 Å². The first-order valence-electron chi connectivity index (χ1n) is 12.6. The summed E-state index contributed by atoms with van der Waals surface area (Å²) in [7, 11) is -1.75. The van der Waals surface area contributed by atoms with Crippen molar-refractivity contribution in [2.45, 2.75) is 136 Å². The molecular weight excluding hydrogens is 372 g/mol. The maximum atomic E-state index is 13.0. The molecule has 2 nitrogen and oxygen atoms in total. The van der Waals surface area contributed by atoms with Gasteiger partial charge >= 0.3 is 5.97 Å². The van der Waals surface area contributed by atoms with E-state index in [9.17, 15) is 4.79 Å². The fourth-order valence-electron chi connectivity index (χ4n) is 6.94. The largest absolute Gasteiger partial charge is 0.461 e. The van der Waals surface area contributed by atoms with E-state index in [0.717, 1.165) is 6.42 Å². The predicted octanol–water partition coefficient (Wildman–Crippen LogP) is 8.22. The van der Waals surface area contributed by atoms with Crippen molar-refractivity contribution in [3.05, 3.63) is 11.3 Å². The number of esters is 1. The van der Waals surface area contributed by atoms with Crippen molar-refractivity contribution in [3.8, 4) is 0 Å². The lowest BCUT2D eigenvalue weighted by Crippen LogP contribution is -2.56. The van der Waals surface area contributed by atoms with Crippen molar-refractivity contribution in [1.82, 2.24) is 0 Å². The molecule has 0 radical (unpaired) electrons. The van der Waals surface area contributed by atoms with Gasteiger partial charge in [-0.15, -0.1) is 0 Å². The lowest BCUT2D eigenvalue weighted by molar-refractivity contribution is -0.143. The maximum absolute atomic E-state index is 13.0. The van der Waals surface area contributed by atoms with Gasteiger partial charge in [0.25, 0.3) is 0 Å². The van der Waals surface area contributed by atoms with Crippen LogP contribution in [-0.4, -0.2) is 20.1 Å². The molecule has 0 unspecified atom stereocenters. The van der Waals surface area contributed by atoms with Gasteiger partial charge in [0, 0.05) is 5.41 Å². The van der Waals surface area contributed by atoms with Crippen molar-refractivity contribution < 1.29 is 9.53 Å². The molecular formula is C26H48O2Si. The molecule has 0 amide bonds. The summed E-state index contributed by atoms with van der Waals surface area (Å²) in [6.45, 7) is 18.9. The van der Waals surface area contributed by atoms with Crippen molar-refractivity contribution in [3.63, 3.8) is 0 Å². The maximum Gasteiger partial charge on any atom is 0.314 e. The fraction of sp³-hybridized carbons (Fsp3) is 0.885. The van der Waals surface area contributed by atoms with Crippen LogP contribution in [0, 0.1) is 11.3 Å². The van der Waals surface area contributed by atoms with E-state index in [-0.39, 0.29) is 23.4 Å². The number of carbonyl (C=O) groups excluding carboxylic acids is 1. The molecule has 1 saturated heterocycles. The van der Waals surface area contributed by atoms with Crippen LogP contribution in [0.4, 0.5) is 0 Å². The standard InChI is InChI=1S/C26H48O2Si/c1-9-10-11-12-13-14-15-16-17-23-26(8)18-22(24(26)25(27)28-23)29(19(2)3,20(4)5)21(6)7/h18-21,23-24H,9-17H2,1-8H3/t23-,24-,26+/m1/s1. The van der Waals surface area contributed by atoms with E-state index >= 15 is 0 Å². The van der Waals surface area contributed by atoms with Crippen LogP contribution in [0.1, 0.15) is 113 Å².